The Balaban J connectivity index is 1.77. The summed E-state index contributed by atoms with van der Waals surface area (Å²) in [5, 5.41) is 0. The lowest BCUT2D eigenvalue weighted by Gasteiger charge is -2.22. The summed E-state index contributed by atoms with van der Waals surface area (Å²) < 4.78 is 0. The van der Waals surface area contributed by atoms with E-state index >= 15 is 0 Å². The van der Waals surface area contributed by atoms with Gasteiger partial charge in [0.05, 0.1) is 17.4 Å². The van der Waals surface area contributed by atoms with Crippen LogP contribution in [0.1, 0.15) is 22.8 Å². The first-order valence-electron chi connectivity index (χ1n) is 6.94. The fourth-order valence-corrected chi connectivity index (χ4v) is 2.96. The van der Waals surface area contributed by atoms with Crippen LogP contribution in [0.15, 0.2) is 42.9 Å². The predicted molar refractivity (Wildman–Crippen MR) is 80.3 cm³/mol. The Hall–Kier alpha value is -2.69. The number of benzene rings is 1. The van der Waals surface area contributed by atoms with E-state index in [1.807, 2.05) is 29.2 Å². The molecule has 1 aliphatic rings. The van der Waals surface area contributed by atoms with Gasteiger partial charge in [0.15, 0.2) is 5.65 Å². The van der Waals surface area contributed by atoms with Crippen molar-refractivity contribution in [2.24, 2.45) is 0 Å². The van der Waals surface area contributed by atoms with Gasteiger partial charge in [-0.2, -0.15) is 0 Å². The van der Waals surface area contributed by atoms with Gasteiger partial charge in [0.25, 0.3) is 5.91 Å². The van der Waals surface area contributed by atoms with Crippen molar-refractivity contribution >= 4 is 22.8 Å². The lowest BCUT2D eigenvalue weighted by molar-refractivity contribution is 0.0981. The molecule has 0 radical (unpaired) electrons. The minimum atomic E-state index is -0.0172. The molecule has 1 atom stereocenters. The highest BCUT2D eigenvalue weighted by Gasteiger charge is 2.31. The maximum absolute atomic E-state index is 12.8. The molecule has 2 aromatic heterocycles. The van der Waals surface area contributed by atoms with E-state index in [1.165, 1.54) is 5.56 Å². The predicted octanol–water partition coefficient (Wildman–Crippen LogP) is 2.55. The van der Waals surface area contributed by atoms with Crippen molar-refractivity contribution in [3.05, 3.63) is 54.0 Å². The van der Waals surface area contributed by atoms with Crippen LogP contribution in [0.4, 0.5) is 5.69 Å². The van der Waals surface area contributed by atoms with Crippen LogP contribution in [0.5, 0.6) is 0 Å². The number of carbonyl (C=O) groups excluding carboxylic acids is 1. The van der Waals surface area contributed by atoms with Gasteiger partial charge in [0.2, 0.25) is 0 Å². The molecule has 5 nitrogen and oxygen atoms in total. The van der Waals surface area contributed by atoms with Crippen LogP contribution in [0, 0.1) is 0 Å². The second-order valence-electron chi connectivity index (χ2n) is 5.35. The van der Waals surface area contributed by atoms with Crippen molar-refractivity contribution in [2.45, 2.75) is 19.4 Å². The third-order valence-corrected chi connectivity index (χ3v) is 3.95. The molecule has 3 heterocycles. The van der Waals surface area contributed by atoms with Crippen LogP contribution in [-0.2, 0) is 6.42 Å². The number of carbonyl (C=O) groups is 1. The molecule has 5 heteroatoms. The van der Waals surface area contributed by atoms with E-state index in [4.69, 9.17) is 0 Å². The van der Waals surface area contributed by atoms with Crippen molar-refractivity contribution in [1.29, 1.82) is 0 Å². The molecule has 1 aromatic carbocycles. The van der Waals surface area contributed by atoms with Crippen molar-refractivity contribution in [3.63, 3.8) is 0 Å². The number of para-hydroxylation sites is 1. The quantitative estimate of drug-likeness (QED) is 0.744. The molecule has 1 aliphatic heterocycles. The van der Waals surface area contributed by atoms with Gasteiger partial charge >= 0.3 is 0 Å². The molecule has 0 saturated heterocycles. The van der Waals surface area contributed by atoms with Crippen LogP contribution in [0.2, 0.25) is 0 Å². The zero-order valence-corrected chi connectivity index (χ0v) is 11.6. The summed E-state index contributed by atoms with van der Waals surface area (Å²) in [6.45, 7) is 2.07. The highest BCUT2D eigenvalue weighted by Crippen LogP contribution is 2.33. The van der Waals surface area contributed by atoms with Gasteiger partial charge in [-0.3, -0.25) is 4.79 Å². The molecule has 0 spiro atoms. The molecule has 0 fully saturated rings. The van der Waals surface area contributed by atoms with Crippen LogP contribution >= 0.6 is 0 Å². The Morgan fingerprint density at radius 1 is 1.33 bits per heavy atom. The average Bonchev–Trinajstić information content (AvgIpc) is 3.08. The summed E-state index contributed by atoms with van der Waals surface area (Å²) in [7, 11) is 0. The number of amides is 1. The summed E-state index contributed by atoms with van der Waals surface area (Å²) in [5.41, 5.74) is 4.20. The van der Waals surface area contributed by atoms with Gasteiger partial charge in [0.1, 0.15) is 0 Å². The van der Waals surface area contributed by atoms with E-state index in [0.29, 0.717) is 11.2 Å². The third-order valence-electron chi connectivity index (χ3n) is 3.95. The lowest BCUT2D eigenvalue weighted by atomic mass is 10.1. The topological polar surface area (TPSA) is 61.9 Å². The zero-order chi connectivity index (χ0) is 14.4. The lowest BCUT2D eigenvalue weighted by Crippen LogP contribution is -2.35. The number of pyridine rings is 1. The number of hydrogen-bond donors (Lipinski definition) is 1. The minimum absolute atomic E-state index is 0.0172. The number of aromatic amines is 1. The number of anilines is 1. The number of hydrogen-bond acceptors (Lipinski definition) is 3. The van der Waals surface area contributed by atoms with Crippen molar-refractivity contribution in [1.82, 2.24) is 15.0 Å². The van der Waals surface area contributed by atoms with Gasteiger partial charge < -0.3 is 9.88 Å². The molecule has 0 saturated carbocycles. The number of aromatic nitrogens is 3. The van der Waals surface area contributed by atoms with E-state index in [2.05, 4.69) is 27.9 Å². The molecule has 1 N–H and O–H groups in total. The van der Waals surface area contributed by atoms with Crippen LogP contribution < -0.4 is 4.90 Å². The zero-order valence-electron chi connectivity index (χ0n) is 11.6. The summed E-state index contributed by atoms with van der Waals surface area (Å²) in [6.07, 6.45) is 4.07. The number of imidazole rings is 1. The molecule has 1 unspecified atom stereocenters. The molecule has 4 rings (SSSR count). The molecule has 21 heavy (non-hydrogen) atoms. The molecule has 1 amide bonds. The maximum Gasteiger partial charge on any atom is 0.260 e. The van der Waals surface area contributed by atoms with E-state index in [-0.39, 0.29) is 11.9 Å². The average molecular weight is 278 g/mol. The van der Waals surface area contributed by atoms with Crippen LogP contribution in [0.3, 0.4) is 0 Å². The van der Waals surface area contributed by atoms with Crippen molar-refractivity contribution in [3.8, 4) is 0 Å². The molecule has 3 aromatic rings. The van der Waals surface area contributed by atoms with E-state index < -0.39 is 0 Å². The van der Waals surface area contributed by atoms with Gasteiger partial charge in [-0.05, 0) is 31.0 Å². The second-order valence-corrected chi connectivity index (χ2v) is 5.35. The number of rotatable bonds is 1. The van der Waals surface area contributed by atoms with Gasteiger partial charge in [-0.25, -0.2) is 9.97 Å². The smallest absolute Gasteiger partial charge is 0.260 e. The fourth-order valence-electron chi connectivity index (χ4n) is 2.96. The standard InChI is InChI=1S/C16H14N4O/c1-10-6-11-4-2-3-5-14(11)20(10)16(21)12-7-13-15(17-8-12)19-9-18-13/h2-5,7-10H,6H2,1H3,(H,17,18,19). The largest absolute Gasteiger partial charge is 0.343 e. The minimum Gasteiger partial charge on any atom is -0.343 e. The Morgan fingerprint density at radius 2 is 2.19 bits per heavy atom. The van der Waals surface area contributed by atoms with E-state index in [0.717, 1.165) is 17.6 Å². The van der Waals surface area contributed by atoms with E-state index in [1.54, 1.807) is 12.5 Å². The van der Waals surface area contributed by atoms with Gasteiger partial charge in [-0.15, -0.1) is 0 Å². The molecule has 0 aliphatic carbocycles. The first kappa shape index (κ1) is 12.1. The van der Waals surface area contributed by atoms with Crippen molar-refractivity contribution in [2.75, 3.05) is 4.90 Å². The highest BCUT2D eigenvalue weighted by molar-refractivity contribution is 6.08. The molecular formula is C16H14N4O. The first-order chi connectivity index (χ1) is 10.2. The summed E-state index contributed by atoms with van der Waals surface area (Å²) in [5.74, 6) is -0.0172. The maximum atomic E-state index is 12.8. The summed E-state index contributed by atoms with van der Waals surface area (Å²) >= 11 is 0. The molecule has 104 valence electrons. The first-order valence-corrected chi connectivity index (χ1v) is 6.94. The number of nitrogens with one attached hydrogen (secondary N) is 1. The highest BCUT2D eigenvalue weighted by atomic mass is 16.2. The Bertz CT molecular complexity index is 839. The third kappa shape index (κ3) is 1.81. The molecule has 0 bridgehead atoms. The number of nitrogens with zero attached hydrogens (tertiary/aromatic N) is 3. The number of fused-ring (bicyclic) bond motifs is 2. The van der Waals surface area contributed by atoms with Crippen molar-refractivity contribution < 1.29 is 4.79 Å². The molecular weight excluding hydrogens is 264 g/mol. The summed E-state index contributed by atoms with van der Waals surface area (Å²) in [4.78, 5) is 26.0. The van der Waals surface area contributed by atoms with Crippen LogP contribution in [-0.4, -0.2) is 26.9 Å². The summed E-state index contributed by atoms with van der Waals surface area (Å²) in [6, 6.07) is 10.0. The van der Waals surface area contributed by atoms with Gasteiger partial charge in [0, 0.05) is 17.9 Å². The van der Waals surface area contributed by atoms with Gasteiger partial charge in [-0.1, -0.05) is 18.2 Å². The Kier molecular flexibility index (Phi) is 2.54. The van der Waals surface area contributed by atoms with E-state index in [9.17, 15) is 4.79 Å². The normalized spacial score (nSPS) is 17.2. The van der Waals surface area contributed by atoms with Crippen LogP contribution in [0.25, 0.3) is 11.2 Å². The Morgan fingerprint density at radius 3 is 3.10 bits per heavy atom. The second kappa shape index (κ2) is 4.41. The Labute approximate surface area is 121 Å². The number of H-pyrrole nitrogens is 1. The fraction of sp³-hybridized carbons (Fsp3) is 0.188. The monoisotopic (exact) mass is 278 g/mol. The SMILES string of the molecule is CC1Cc2ccccc2N1C(=O)c1cnc2nc[nH]c2c1.